The predicted molar refractivity (Wildman–Crippen MR) is 76.8 cm³/mol. The molecule has 0 aliphatic rings. The molecule has 1 aromatic rings. The highest BCUT2D eigenvalue weighted by molar-refractivity contribution is 5.95. The minimum Gasteiger partial charge on any atom is -0.395 e. The van der Waals surface area contributed by atoms with Crippen molar-refractivity contribution in [1.29, 1.82) is 0 Å². The molecule has 1 amide bonds. The lowest BCUT2D eigenvalue weighted by molar-refractivity contribution is 0.0712. The maximum absolute atomic E-state index is 13.8. The molecule has 0 atom stereocenters. The van der Waals surface area contributed by atoms with Crippen molar-refractivity contribution in [1.82, 2.24) is 4.90 Å². The van der Waals surface area contributed by atoms with Crippen LogP contribution in [0.2, 0.25) is 0 Å². The summed E-state index contributed by atoms with van der Waals surface area (Å²) in [6, 6.07) is 4.26. The van der Waals surface area contributed by atoms with Crippen LogP contribution in [0.5, 0.6) is 0 Å². The molecule has 0 saturated carbocycles. The number of amides is 1. The van der Waals surface area contributed by atoms with Crippen molar-refractivity contribution in [3.8, 4) is 11.8 Å². The number of aliphatic hydroxyl groups is 1. The van der Waals surface area contributed by atoms with Crippen molar-refractivity contribution in [2.45, 2.75) is 33.2 Å². The number of nitrogens with zero attached hydrogens (tertiary/aromatic N) is 1. The average molecular weight is 277 g/mol. The van der Waals surface area contributed by atoms with Gasteiger partial charge in [-0.1, -0.05) is 11.8 Å². The third-order valence-electron chi connectivity index (χ3n) is 2.89. The van der Waals surface area contributed by atoms with Gasteiger partial charge in [0.1, 0.15) is 5.82 Å². The monoisotopic (exact) mass is 277 g/mol. The van der Waals surface area contributed by atoms with Crippen LogP contribution >= 0.6 is 0 Å². The fourth-order valence-electron chi connectivity index (χ4n) is 1.89. The molecule has 108 valence electrons. The van der Waals surface area contributed by atoms with Crippen LogP contribution in [0.15, 0.2) is 18.2 Å². The van der Waals surface area contributed by atoms with Gasteiger partial charge < -0.3 is 10.0 Å². The molecule has 0 aromatic heterocycles. The zero-order valence-corrected chi connectivity index (χ0v) is 12.1. The third kappa shape index (κ3) is 4.07. The molecule has 1 rings (SSSR count). The Balaban J connectivity index is 3.08. The second-order valence-electron chi connectivity index (χ2n) is 4.65. The summed E-state index contributed by atoms with van der Waals surface area (Å²) in [5.74, 6) is 4.69. The van der Waals surface area contributed by atoms with Crippen molar-refractivity contribution >= 4 is 5.91 Å². The molecule has 0 saturated heterocycles. The Morgan fingerprint density at radius 3 is 2.70 bits per heavy atom. The van der Waals surface area contributed by atoms with Crippen LogP contribution < -0.4 is 0 Å². The lowest BCUT2D eigenvalue weighted by Crippen LogP contribution is -2.37. The molecule has 0 aliphatic heterocycles. The zero-order valence-electron chi connectivity index (χ0n) is 12.1. The number of rotatable bonds is 4. The van der Waals surface area contributed by atoms with Gasteiger partial charge in [0, 0.05) is 24.6 Å². The van der Waals surface area contributed by atoms with E-state index >= 15 is 0 Å². The van der Waals surface area contributed by atoms with Gasteiger partial charge in [-0.15, -0.1) is 0 Å². The minimum atomic E-state index is -0.540. The quantitative estimate of drug-likeness (QED) is 0.859. The molecule has 0 heterocycles. The Morgan fingerprint density at radius 2 is 2.15 bits per heavy atom. The van der Waals surface area contributed by atoms with Crippen molar-refractivity contribution in [3.63, 3.8) is 0 Å². The van der Waals surface area contributed by atoms with Gasteiger partial charge in [-0.05, 0) is 39.0 Å². The molecule has 0 bridgehead atoms. The van der Waals surface area contributed by atoms with E-state index in [2.05, 4.69) is 11.8 Å². The van der Waals surface area contributed by atoms with Crippen molar-refractivity contribution < 1.29 is 14.3 Å². The van der Waals surface area contributed by atoms with E-state index in [1.807, 2.05) is 20.8 Å². The highest BCUT2D eigenvalue weighted by Gasteiger charge is 2.20. The van der Waals surface area contributed by atoms with E-state index in [4.69, 9.17) is 5.11 Å². The normalized spacial score (nSPS) is 10.1. The highest BCUT2D eigenvalue weighted by atomic mass is 19.1. The summed E-state index contributed by atoms with van der Waals surface area (Å²) in [6.45, 7) is 6.16. The van der Waals surface area contributed by atoms with E-state index in [1.165, 1.54) is 18.2 Å². The summed E-state index contributed by atoms with van der Waals surface area (Å²) in [7, 11) is 0. The van der Waals surface area contributed by atoms with Crippen LogP contribution in [-0.4, -0.2) is 35.1 Å². The first-order valence-corrected chi connectivity index (χ1v) is 6.71. The topological polar surface area (TPSA) is 40.5 Å². The maximum Gasteiger partial charge on any atom is 0.257 e. The van der Waals surface area contributed by atoms with Gasteiger partial charge in [0.05, 0.1) is 12.2 Å². The standard InChI is InChI=1S/C16H20FNO2/c1-4-18(12(2)3)16(20)14-11-13(7-5-6-10-19)8-9-15(14)17/h8-9,11-12,19H,4,6,10H2,1-3H3. The first-order chi connectivity index (χ1) is 9.51. The Bertz CT molecular complexity index is 529. The second kappa shape index (κ2) is 7.66. The molecule has 0 spiro atoms. The molecule has 0 fully saturated rings. The largest absolute Gasteiger partial charge is 0.395 e. The van der Waals surface area contributed by atoms with Crippen LogP contribution in [-0.2, 0) is 0 Å². The Kier molecular flexibility index (Phi) is 6.20. The number of halogens is 1. The highest BCUT2D eigenvalue weighted by Crippen LogP contribution is 2.14. The first-order valence-electron chi connectivity index (χ1n) is 6.71. The summed E-state index contributed by atoms with van der Waals surface area (Å²) in [5.41, 5.74) is 0.611. The van der Waals surface area contributed by atoms with Gasteiger partial charge in [-0.25, -0.2) is 4.39 Å². The Hall–Kier alpha value is -1.86. The van der Waals surface area contributed by atoms with Gasteiger partial charge >= 0.3 is 0 Å². The number of hydrogen-bond acceptors (Lipinski definition) is 2. The van der Waals surface area contributed by atoms with Gasteiger partial charge in [0.25, 0.3) is 5.91 Å². The van der Waals surface area contributed by atoms with E-state index in [1.54, 1.807) is 4.90 Å². The Morgan fingerprint density at radius 1 is 1.45 bits per heavy atom. The molecule has 0 radical (unpaired) electrons. The number of aliphatic hydroxyl groups excluding tert-OH is 1. The first kappa shape index (κ1) is 16.2. The number of hydrogen-bond donors (Lipinski definition) is 1. The predicted octanol–water partition coefficient (Wildman–Crippen LogP) is 2.43. The summed E-state index contributed by atoms with van der Waals surface area (Å²) < 4.78 is 13.8. The minimum absolute atomic E-state index is 0.0102. The number of carbonyl (C=O) groups is 1. The van der Waals surface area contributed by atoms with Crippen LogP contribution in [0.3, 0.4) is 0 Å². The molecular weight excluding hydrogens is 257 g/mol. The molecule has 0 unspecified atom stereocenters. The molecule has 0 aliphatic carbocycles. The van der Waals surface area contributed by atoms with Crippen LogP contribution in [0, 0.1) is 17.7 Å². The van der Waals surface area contributed by atoms with Gasteiger partial charge in [-0.3, -0.25) is 4.79 Å². The lowest BCUT2D eigenvalue weighted by atomic mass is 10.1. The van der Waals surface area contributed by atoms with Crippen molar-refractivity contribution in [3.05, 3.63) is 35.1 Å². The van der Waals surface area contributed by atoms with Gasteiger partial charge in [0.2, 0.25) is 0 Å². The van der Waals surface area contributed by atoms with Crippen LogP contribution in [0.4, 0.5) is 4.39 Å². The Labute approximate surface area is 119 Å². The second-order valence-corrected chi connectivity index (χ2v) is 4.65. The van der Waals surface area contributed by atoms with E-state index in [9.17, 15) is 9.18 Å². The molecule has 1 aromatic carbocycles. The number of benzene rings is 1. The summed E-state index contributed by atoms with van der Waals surface area (Å²) in [5, 5.41) is 8.67. The fourth-order valence-corrected chi connectivity index (χ4v) is 1.89. The summed E-state index contributed by atoms with van der Waals surface area (Å²) in [6.07, 6.45) is 0.355. The van der Waals surface area contributed by atoms with Crippen LogP contribution in [0.1, 0.15) is 43.1 Å². The molecule has 20 heavy (non-hydrogen) atoms. The SMILES string of the molecule is CCN(C(=O)c1cc(C#CCCO)ccc1F)C(C)C. The smallest absolute Gasteiger partial charge is 0.257 e. The van der Waals surface area contributed by atoms with Gasteiger partial charge in [-0.2, -0.15) is 0 Å². The lowest BCUT2D eigenvalue weighted by Gasteiger charge is -2.25. The van der Waals surface area contributed by atoms with Crippen LogP contribution in [0.25, 0.3) is 0 Å². The van der Waals surface area contributed by atoms with Gasteiger partial charge in [0.15, 0.2) is 0 Å². The van der Waals surface area contributed by atoms with Crippen molar-refractivity contribution in [2.24, 2.45) is 0 Å². The summed E-state index contributed by atoms with van der Waals surface area (Å²) in [4.78, 5) is 13.9. The number of carbonyl (C=O) groups excluding carboxylic acids is 1. The maximum atomic E-state index is 13.8. The molecule has 3 nitrogen and oxygen atoms in total. The molecule has 4 heteroatoms. The van der Waals surface area contributed by atoms with E-state index in [0.29, 0.717) is 18.5 Å². The summed E-state index contributed by atoms with van der Waals surface area (Å²) >= 11 is 0. The van der Waals surface area contributed by atoms with E-state index in [-0.39, 0.29) is 24.1 Å². The molecule has 1 N–H and O–H groups in total. The van der Waals surface area contributed by atoms with E-state index in [0.717, 1.165) is 0 Å². The van der Waals surface area contributed by atoms with Crippen molar-refractivity contribution in [2.75, 3.05) is 13.2 Å². The zero-order chi connectivity index (χ0) is 15.1. The average Bonchev–Trinajstić information content (AvgIpc) is 2.41. The van der Waals surface area contributed by atoms with E-state index < -0.39 is 5.82 Å². The molecular formula is C16H20FNO2. The third-order valence-corrected chi connectivity index (χ3v) is 2.89. The fraction of sp³-hybridized carbons (Fsp3) is 0.438.